The quantitative estimate of drug-likeness (QED) is 0.431. The standard InChI is InChI=1S/C12H24O/c1-4-6-8-10-12(3)11(13-12)9-7-5-2/h11H,4-10H2,1-3H3/t11-,12+/m1/s1. The van der Waals surface area contributed by atoms with E-state index in [0.29, 0.717) is 6.10 Å². The predicted molar refractivity (Wildman–Crippen MR) is 56.9 cm³/mol. The van der Waals surface area contributed by atoms with Gasteiger partial charge in [-0.15, -0.1) is 0 Å². The fourth-order valence-electron chi connectivity index (χ4n) is 1.99. The van der Waals surface area contributed by atoms with Crippen LogP contribution in [0.4, 0.5) is 0 Å². The van der Waals surface area contributed by atoms with E-state index in [1.165, 1.54) is 44.9 Å². The molecule has 1 heterocycles. The van der Waals surface area contributed by atoms with Crippen LogP contribution in [0.3, 0.4) is 0 Å². The van der Waals surface area contributed by atoms with Crippen molar-refractivity contribution in [2.24, 2.45) is 0 Å². The lowest BCUT2D eigenvalue weighted by molar-refractivity contribution is 0.288. The Bertz CT molecular complexity index is 144. The van der Waals surface area contributed by atoms with E-state index in [9.17, 15) is 0 Å². The molecule has 2 atom stereocenters. The topological polar surface area (TPSA) is 12.5 Å². The summed E-state index contributed by atoms with van der Waals surface area (Å²) in [6.45, 7) is 6.78. The van der Waals surface area contributed by atoms with E-state index in [2.05, 4.69) is 20.8 Å². The van der Waals surface area contributed by atoms with Crippen molar-refractivity contribution in [3.05, 3.63) is 0 Å². The summed E-state index contributed by atoms with van der Waals surface area (Å²) in [4.78, 5) is 0. The lowest BCUT2D eigenvalue weighted by Gasteiger charge is -2.04. The van der Waals surface area contributed by atoms with Gasteiger partial charge >= 0.3 is 0 Å². The van der Waals surface area contributed by atoms with Gasteiger partial charge in [-0.2, -0.15) is 0 Å². The molecule has 0 N–H and O–H groups in total. The normalized spacial score (nSPS) is 32.1. The number of hydrogen-bond donors (Lipinski definition) is 0. The molecule has 0 aromatic heterocycles. The van der Waals surface area contributed by atoms with Gasteiger partial charge in [-0.25, -0.2) is 0 Å². The summed E-state index contributed by atoms with van der Waals surface area (Å²) in [5, 5.41) is 0. The number of hydrogen-bond acceptors (Lipinski definition) is 1. The zero-order valence-corrected chi connectivity index (χ0v) is 9.44. The summed E-state index contributed by atoms with van der Waals surface area (Å²) in [7, 11) is 0. The van der Waals surface area contributed by atoms with Gasteiger partial charge in [-0.1, -0.05) is 46.0 Å². The molecule has 0 saturated carbocycles. The molecular weight excluding hydrogens is 160 g/mol. The highest BCUT2D eigenvalue weighted by atomic mass is 16.6. The van der Waals surface area contributed by atoms with E-state index >= 15 is 0 Å². The molecule has 1 saturated heterocycles. The first kappa shape index (κ1) is 11.0. The Morgan fingerprint density at radius 1 is 1.08 bits per heavy atom. The van der Waals surface area contributed by atoms with Gasteiger partial charge in [0.2, 0.25) is 0 Å². The van der Waals surface area contributed by atoms with Gasteiger partial charge in [0.05, 0.1) is 11.7 Å². The molecule has 0 aromatic carbocycles. The first-order valence-corrected chi connectivity index (χ1v) is 5.90. The maximum absolute atomic E-state index is 5.75. The van der Waals surface area contributed by atoms with Crippen molar-refractivity contribution in [1.82, 2.24) is 0 Å². The lowest BCUT2D eigenvalue weighted by Crippen LogP contribution is -2.09. The third-order valence-electron chi connectivity index (χ3n) is 3.13. The maximum Gasteiger partial charge on any atom is 0.0920 e. The van der Waals surface area contributed by atoms with Crippen LogP contribution in [0.2, 0.25) is 0 Å². The Morgan fingerprint density at radius 2 is 1.77 bits per heavy atom. The van der Waals surface area contributed by atoms with Crippen LogP contribution in [0.25, 0.3) is 0 Å². The van der Waals surface area contributed by atoms with Crippen LogP contribution in [-0.2, 0) is 4.74 Å². The van der Waals surface area contributed by atoms with Gasteiger partial charge < -0.3 is 4.74 Å². The molecule has 13 heavy (non-hydrogen) atoms. The van der Waals surface area contributed by atoms with Gasteiger partial charge in [0.15, 0.2) is 0 Å². The van der Waals surface area contributed by atoms with Crippen LogP contribution >= 0.6 is 0 Å². The minimum Gasteiger partial charge on any atom is -0.366 e. The zero-order chi connectivity index (χ0) is 9.73. The van der Waals surface area contributed by atoms with Crippen LogP contribution in [0.15, 0.2) is 0 Å². The maximum atomic E-state index is 5.75. The van der Waals surface area contributed by atoms with Crippen molar-refractivity contribution >= 4 is 0 Å². The minimum absolute atomic E-state index is 0.268. The lowest BCUT2D eigenvalue weighted by atomic mass is 9.97. The van der Waals surface area contributed by atoms with Gasteiger partial charge in [0.1, 0.15) is 0 Å². The summed E-state index contributed by atoms with van der Waals surface area (Å²) in [6, 6.07) is 0. The van der Waals surface area contributed by atoms with E-state index in [0.717, 1.165) is 0 Å². The summed E-state index contributed by atoms with van der Waals surface area (Å²) in [6.07, 6.45) is 9.78. The molecular formula is C12H24O. The molecule has 1 aliphatic heterocycles. The van der Waals surface area contributed by atoms with Gasteiger partial charge in [-0.05, 0) is 19.8 Å². The smallest absolute Gasteiger partial charge is 0.0920 e. The van der Waals surface area contributed by atoms with Crippen LogP contribution in [0.1, 0.15) is 65.7 Å². The molecule has 78 valence electrons. The second-order valence-corrected chi connectivity index (χ2v) is 4.52. The predicted octanol–water partition coefficient (Wildman–Crippen LogP) is 3.91. The second kappa shape index (κ2) is 4.99. The molecule has 1 nitrogen and oxygen atoms in total. The SMILES string of the molecule is CCCCC[C@]1(C)O[C@@H]1CCCC. The molecule has 1 rings (SSSR count). The van der Waals surface area contributed by atoms with Crippen molar-refractivity contribution in [3.8, 4) is 0 Å². The van der Waals surface area contributed by atoms with Crippen molar-refractivity contribution < 1.29 is 4.74 Å². The highest BCUT2D eigenvalue weighted by Gasteiger charge is 2.50. The second-order valence-electron chi connectivity index (χ2n) is 4.52. The molecule has 0 aliphatic carbocycles. The largest absolute Gasteiger partial charge is 0.366 e. The molecule has 0 unspecified atom stereocenters. The van der Waals surface area contributed by atoms with Crippen molar-refractivity contribution in [2.45, 2.75) is 77.4 Å². The molecule has 1 aliphatic rings. The summed E-state index contributed by atoms with van der Waals surface area (Å²) in [5.41, 5.74) is 0.268. The molecule has 1 heteroatoms. The van der Waals surface area contributed by atoms with Gasteiger partial charge in [0, 0.05) is 0 Å². The Kier molecular flexibility index (Phi) is 4.24. The third-order valence-corrected chi connectivity index (χ3v) is 3.13. The number of unbranched alkanes of at least 4 members (excludes halogenated alkanes) is 3. The monoisotopic (exact) mass is 184 g/mol. The van der Waals surface area contributed by atoms with Crippen LogP contribution in [-0.4, -0.2) is 11.7 Å². The minimum atomic E-state index is 0.268. The van der Waals surface area contributed by atoms with Gasteiger partial charge in [0.25, 0.3) is 0 Å². The van der Waals surface area contributed by atoms with Crippen molar-refractivity contribution in [3.63, 3.8) is 0 Å². The Morgan fingerprint density at radius 3 is 2.38 bits per heavy atom. The average molecular weight is 184 g/mol. The fraction of sp³-hybridized carbons (Fsp3) is 1.00. The van der Waals surface area contributed by atoms with E-state index in [4.69, 9.17) is 4.74 Å². The number of rotatable bonds is 7. The summed E-state index contributed by atoms with van der Waals surface area (Å²) >= 11 is 0. The van der Waals surface area contributed by atoms with E-state index in [1.807, 2.05) is 0 Å². The van der Waals surface area contributed by atoms with E-state index in [-0.39, 0.29) is 5.60 Å². The first-order valence-electron chi connectivity index (χ1n) is 5.90. The highest BCUT2D eigenvalue weighted by Crippen LogP contribution is 2.43. The van der Waals surface area contributed by atoms with E-state index in [1.54, 1.807) is 0 Å². The third kappa shape index (κ3) is 3.30. The molecule has 0 radical (unpaired) electrons. The van der Waals surface area contributed by atoms with Crippen molar-refractivity contribution in [1.29, 1.82) is 0 Å². The summed E-state index contributed by atoms with van der Waals surface area (Å²) < 4.78 is 5.75. The molecule has 0 spiro atoms. The van der Waals surface area contributed by atoms with E-state index < -0.39 is 0 Å². The Balaban J connectivity index is 2.06. The fourth-order valence-corrected chi connectivity index (χ4v) is 1.99. The zero-order valence-electron chi connectivity index (χ0n) is 9.44. The molecule has 0 amide bonds. The van der Waals surface area contributed by atoms with Gasteiger partial charge in [-0.3, -0.25) is 0 Å². The van der Waals surface area contributed by atoms with Crippen LogP contribution in [0.5, 0.6) is 0 Å². The number of epoxide rings is 1. The number of ether oxygens (including phenoxy) is 1. The summed E-state index contributed by atoms with van der Waals surface area (Å²) in [5.74, 6) is 0. The van der Waals surface area contributed by atoms with Crippen molar-refractivity contribution in [2.75, 3.05) is 0 Å². The molecule has 0 aromatic rings. The Hall–Kier alpha value is -0.0400. The highest BCUT2D eigenvalue weighted by molar-refractivity contribution is 4.98. The molecule has 1 fully saturated rings. The van der Waals surface area contributed by atoms with Crippen LogP contribution < -0.4 is 0 Å². The first-order chi connectivity index (χ1) is 6.23. The Labute approximate surface area is 82.9 Å². The molecule has 0 bridgehead atoms. The van der Waals surface area contributed by atoms with Crippen LogP contribution in [0, 0.1) is 0 Å². The average Bonchev–Trinajstić information content (AvgIpc) is 2.75.